The fourth-order valence-corrected chi connectivity index (χ4v) is 1.62. The molecule has 0 aliphatic rings. The molecule has 0 saturated carbocycles. The Morgan fingerprint density at radius 1 is 0.933 bits per heavy atom. The van der Waals surface area contributed by atoms with E-state index in [4.69, 9.17) is 0 Å². The van der Waals surface area contributed by atoms with Crippen molar-refractivity contribution in [2.45, 2.75) is 66.7 Å². The first kappa shape index (κ1) is 15.0. The molecule has 0 aromatic heterocycles. The Morgan fingerprint density at radius 2 is 1.53 bits per heavy atom. The zero-order valence-corrected chi connectivity index (χ0v) is 11.5. The summed E-state index contributed by atoms with van der Waals surface area (Å²) < 4.78 is 0. The zero-order valence-electron chi connectivity index (χ0n) is 11.5. The number of rotatable bonds is 8. The van der Waals surface area contributed by atoms with E-state index in [0.717, 1.165) is 12.5 Å². The van der Waals surface area contributed by atoms with Gasteiger partial charge in [-0.1, -0.05) is 60.3 Å². The Morgan fingerprint density at radius 3 is 2.07 bits per heavy atom. The lowest BCUT2D eigenvalue weighted by molar-refractivity contribution is 0.377. The van der Waals surface area contributed by atoms with Gasteiger partial charge in [0.1, 0.15) is 0 Å². The lowest BCUT2D eigenvalue weighted by atomic mass is 9.97. The van der Waals surface area contributed by atoms with Crippen molar-refractivity contribution in [2.24, 2.45) is 11.3 Å². The predicted octanol–water partition coefficient (Wildman–Crippen LogP) is 4.23. The van der Waals surface area contributed by atoms with E-state index >= 15 is 0 Å². The molecule has 0 spiro atoms. The van der Waals surface area contributed by atoms with Crippen LogP contribution in [0.2, 0.25) is 0 Å². The topological polar surface area (TPSA) is 12.0 Å². The van der Waals surface area contributed by atoms with Crippen LogP contribution in [0, 0.1) is 11.3 Å². The van der Waals surface area contributed by atoms with Gasteiger partial charge in [0, 0.05) is 0 Å². The second-order valence-electron chi connectivity index (χ2n) is 6.33. The number of hydrogen-bond donors (Lipinski definition) is 1. The smallest absolute Gasteiger partial charge is 0.0000126 e. The van der Waals surface area contributed by atoms with Crippen molar-refractivity contribution < 1.29 is 0 Å². The van der Waals surface area contributed by atoms with E-state index in [1.165, 1.54) is 38.6 Å². The van der Waals surface area contributed by atoms with Crippen LogP contribution in [0.25, 0.3) is 0 Å². The van der Waals surface area contributed by atoms with Gasteiger partial charge in [0.05, 0.1) is 0 Å². The van der Waals surface area contributed by atoms with E-state index in [-0.39, 0.29) is 0 Å². The molecule has 0 saturated heterocycles. The van der Waals surface area contributed by atoms with E-state index in [0.29, 0.717) is 5.41 Å². The van der Waals surface area contributed by atoms with Gasteiger partial charge < -0.3 is 5.32 Å². The summed E-state index contributed by atoms with van der Waals surface area (Å²) in [6.45, 7) is 13.8. The first-order valence-corrected chi connectivity index (χ1v) is 6.62. The second kappa shape index (κ2) is 8.15. The molecule has 92 valence electrons. The fourth-order valence-electron chi connectivity index (χ4n) is 1.62. The number of nitrogens with one attached hydrogen (secondary N) is 1. The lowest BCUT2D eigenvalue weighted by Crippen LogP contribution is -2.27. The fraction of sp³-hybridized carbons (Fsp3) is 1.00. The molecule has 0 atom stereocenters. The van der Waals surface area contributed by atoms with Gasteiger partial charge in [0.15, 0.2) is 0 Å². The maximum atomic E-state index is 3.53. The highest BCUT2D eigenvalue weighted by Crippen LogP contribution is 2.11. The lowest BCUT2D eigenvalue weighted by Gasteiger charge is -2.18. The van der Waals surface area contributed by atoms with Crippen LogP contribution in [0.3, 0.4) is 0 Å². The van der Waals surface area contributed by atoms with Gasteiger partial charge in [0.2, 0.25) is 0 Å². The molecule has 1 N–H and O–H groups in total. The highest BCUT2D eigenvalue weighted by Gasteiger charge is 2.07. The summed E-state index contributed by atoms with van der Waals surface area (Å²) in [5.74, 6) is 0.879. The molecular formula is C14H31N. The van der Waals surface area contributed by atoms with Crippen LogP contribution in [0.5, 0.6) is 0 Å². The molecule has 0 heterocycles. The molecule has 0 aliphatic carbocycles. The summed E-state index contributed by atoms with van der Waals surface area (Å²) >= 11 is 0. The normalized spacial score (nSPS) is 12.4. The summed E-state index contributed by atoms with van der Waals surface area (Å²) in [6.07, 6.45) is 6.96. The molecule has 0 unspecified atom stereocenters. The average molecular weight is 213 g/mol. The molecule has 1 nitrogen and oxygen atoms in total. The van der Waals surface area contributed by atoms with Crippen LogP contribution in [0.15, 0.2) is 0 Å². The minimum atomic E-state index is 0.428. The largest absolute Gasteiger partial charge is 0.316 e. The molecular weight excluding hydrogens is 182 g/mol. The van der Waals surface area contributed by atoms with Crippen molar-refractivity contribution in [3.63, 3.8) is 0 Å². The minimum absolute atomic E-state index is 0.428. The molecule has 0 fully saturated rings. The summed E-state index contributed by atoms with van der Waals surface area (Å²) in [7, 11) is 0. The van der Waals surface area contributed by atoms with Crippen LogP contribution in [0.1, 0.15) is 66.7 Å². The van der Waals surface area contributed by atoms with Gasteiger partial charge in [-0.15, -0.1) is 0 Å². The molecule has 1 heteroatoms. The van der Waals surface area contributed by atoms with Crippen LogP contribution >= 0.6 is 0 Å². The van der Waals surface area contributed by atoms with E-state index in [1.54, 1.807) is 0 Å². The van der Waals surface area contributed by atoms with Gasteiger partial charge in [-0.3, -0.25) is 0 Å². The van der Waals surface area contributed by atoms with Crippen molar-refractivity contribution >= 4 is 0 Å². The van der Waals surface area contributed by atoms with Crippen molar-refractivity contribution in [3.8, 4) is 0 Å². The third kappa shape index (κ3) is 14.0. The Labute approximate surface area is 97.0 Å². The van der Waals surface area contributed by atoms with E-state index in [9.17, 15) is 0 Å². The molecule has 15 heavy (non-hydrogen) atoms. The van der Waals surface area contributed by atoms with E-state index in [2.05, 4.69) is 39.9 Å². The van der Waals surface area contributed by atoms with E-state index < -0.39 is 0 Å². The molecule has 0 aromatic rings. The molecule has 0 radical (unpaired) electrons. The van der Waals surface area contributed by atoms with Crippen molar-refractivity contribution in [1.29, 1.82) is 0 Å². The molecule has 0 rings (SSSR count). The third-order valence-corrected chi connectivity index (χ3v) is 2.54. The summed E-state index contributed by atoms with van der Waals surface area (Å²) in [5, 5.41) is 3.53. The molecule has 0 aromatic carbocycles. The first-order chi connectivity index (χ1) is 6.92. The first-order valence-electron chi connectivity index (χ1n) is 6.62. The van der Waals surface area contributed by atoms with Crippen molar-refractivity contribution in [2.75, 3.05) is 13.1 Å². The Hall–Kier alpha value is -0.0400. The molecule has 0 amide bonds. The van der Waals surface area contributed by atoms with Gasteiger partial charge in [-0.25, -0.2) is 0 Å². The monoisotopic (exact) mass is 213 g/mol. The average Bonchev–Trinajstić information content (AvgIpc) is 2.07. The molecule has 0 aliphatic heterocycles. The molecule has 0 bridgehead atoms. The Kier molecular flexibility index (Phi) is 8.13. The zero-order chi connectivity index (χ0) is 11.7. The van der Waals surface area contributed by atoms with Crippen LogP contribution in [0.4, 0.5) is 0 Å². The van der Waals surface area contributed by atoms with Gasteiger partial charge in [-0.2, -0.15) is 0 Å². The van der Waals surface area contributed by atoms with Crippen molar-refractivity contribution in [3.05, 3.63) is 0 Å². The maximum absolute atomic E-state index is 3.53. The number of unbranched alkanes of at least 4 members (excludes halogenated alkanes) is 3. The minimum Gasteiger partial charge on any atom is -0.316 e. The van der Waals surface area contributed by atoms with Crippen LogP contribution in [-0.4, -0.2) is 13.1 Å². The quantitative estimate of drug-likeness (QED) is 0.595. The van der Waals surface area contributed by atoms with Gasteiger partial charge in [-0.05, 0) is 30.8 Å². The summed E-state index contributed by atoms with van der Waals surface area (Å²) in [6, 6.07) is 0. The maximum Gasteiger partial charge on any atom is -0.0000126 e. The van der Waals surface area contributed by atoms with Gasteiger partial charge in [0.25, 0.3) is 0 Å². The summed E-state index contributed by atoms with van der Waals surface area (Å²) in [5.41, 5.74) is 0.428. The van der Waals surface area contributed by atoms with Crippen LogP contribution < -0.4 is 5.32 Å². The van der Waals surface area contributed by atoms with Crippen molar-refractivity contribution in [1.82, 2.24) is 5.32 Å². The third-order valence-electron chi connectivity index (χ3n) is 2.54. The summed E-state index contributed by atoms with van der Waals surface area (Å²) in [4.78, 5) is 0. The Balaban J connectivity index is 3.06. The second-order valence-corrected chi connectivity index (χ2v) is 6.33. The number of hydrogen-bond acceptors (Lipinski definition) is 1. The standard InChI is InChI=1S/C14H31N/c1-13(2)10-8-6-7-9-11-15-12-14(3,4)5/h13,15H,6-12H2,1-5H3. The highest BCUT2D eigenvalue weighted by atomic mass is 14.9. The van der Waals surface area contributed by atoms with E-state index in [1.807, 2.05) is 0 Å². The highest BCUT2D eigenvalue weighted by molar-refractivity contribution is 4.64. The Bertz CT molecular complexity index is 133. The predicted molar refractivity (Wildman–Crippen MR) is 70.2 cm³/mol. The van der Waals surface area contributed by atoms with Gasteiger partial charge >= 0.3 is 0 Å². The van der Waals surface area contributed by atoms with Crippen LogP contribution in [-0.2, 0) is 0 Å². The SMILES string of the molecule is CC(C)CCCCCCNCC(C)(C)C.